The van der Waals surface area contributed by atoms with Gasteiger partial charge >= 0.3 is 0 Å². The van der Waals surface area contributed by atoms with Crippen molar-refractivity contribution in [2.24, 2.45) is 11.7 Å². The highest BCUT2D eigenvalue weighted by Crippen LogP contribution is 2.14. The number of quaternary nitrogens is 1. The Morgan fingerprint density at radius 2 is 1.89 bits per heavy atom. The number of amides is 3. The summed E-state index contributed by atoms with van der Waals surface area (Å²) in [5, 5.41) is 2.68. The number of anilines is 1. The van der Waals surface area contributed by atoms with Crippen LogP contribution in [0.5, 0.6) is 0 Å². The van der Waals surface area contributed by atoms with Crippen LogP contribution in [0.25, 0.3) is 0 Å². The fourth-order valence-corrected chi connectivity index (χ4v) is 3.44. The molecule has 0 radical (unpaired) electrons. The number of halogens is 1. The number of primary amides is 1. The van der Waals surface area contributed by atoms with E-state index in [0.717, 1.165) is 24.3 Å². The molecule has 0 saturated carbocycles. The van der Waals surface area contributed by atoms with Crippen LogP contribution in [0.15, 0.2) is 24.3 Å². The minimum absolute atomic E-state index is 0.105. The van der Waals surface area contributed by atoms with Gasteiger partial charge in [0.1, 0.15) is 12.4 Å². The zero-order chi connectivity index (χ0) is 20.9. The Morgan fingerprint density at radius 1 is 1.25 bits per heavy atom. The third kappa shape index (κ3) is 6.30. The monoisotopic (exact) mass is 393 g/mol. The van der Waals surface area contributed by atoms with Crippen molar-refractivity contribution in [3.63, 3.8) is 0 Å². The summed E-state index contributed by atoms with van der Waals surface area (Å²) in [5.74, 6) is -1.42. The van der Waals surface area contributed by atoms with Gasteiger partial charge in [0.25, 0.3) is 5.91 Å². The first-order valence-corrected chi connectivity index (χ1v) is 9.55. The number of benzene rings is 1. The van der Waals surface area contributed by atoms with E-state index in [2.05, 4.69) is 5.32 Å². The van der Waals surface area contributed by atoms with E-state index in [9.17, 15) is 18.8 Å². The Balaban J connectivity index is 2.00. The van der Waals surface area contributed by atoms with Crippen molar-refractivity contribution in [1.82, 2.24) is 4.90 Å². The minimum Gasteiger partial charge on any atom is -0.369 e. The highest BCUT2D eigenvalue weighted by molar-refractivity contribution is 5.94. The second kappa shape index (κ2) is 9.14. The molecule has 1 saturated heterocycles. The largest absolute Gasteiger partial charge is 0.369 e. The van der Waals surface area contributed by atoms with Gasteiger partial charge in [-0.1, -0.05) is 0 Å². The summed E-state index contributed by atoms with van der Waals surface area (Å²) in [6.07, 6.45) is 1.60. The van der Waals surface area contributed by atoms with Gasteiger partial charge in [-0.3, -0.25) is 14.4 Å². The number of rotatable bonds is 6. The number of piperidine rings is 1. The Morgan fingerprint density at radius 3 is 2.46 bits per heavy atom. The first kappa shape index (κ1) is 21.8. The number of nitrogens with one attached hydrogen (secondary N) is 2. The van der Waals surface area contributed by atoms with Crippen molar-refractivity contribution >= 4 is 23.4 Å². The van der Waals surface area contributed by atoms with Crippen LogP contribution in [-0.4, -0.2) is 54.3 Å². The van der Waals surface area contributed by atoms with E-state index >= 15 is 0 Å². The average Bonchev–Trinajstić information content (AvgIpc) is 2.61. The molecule has 0 aromatic heterocycles. The standard InChI is InChI=1S/C20H29FN4O3/c1-20(2,3)25(12-17(26)23-16-8-6-15(21)7-9-16)18(27)13-24-10-4-5-14(11-24)19(22)28/h6-9,14H,4-5,10-13H2,1-3H3,(H2,22,28)(H,23,26)/p+1/t14-/m1/s1. The maximum absolute atomic E-state index is 13.0. The van der Waals surface area contributed by atoms with Gasteiger partial charge in [-0.2, -0.15) is 0 Å². The molecular formula is C20H30FN4O3+. The maximum Gasteiger partial charge on any atom is 0.278 e. The Labute approximate surface area is 165 Å². The Hall–Kier alpha value is -2.48. The molecule has 1 aliphatic heterocycles. The molecule has 8 heteroatoms. The molecule has 154 valence electrons. The van der Waals surface area contributed by atoms with Crippen LogP contribution >= 0.6 is 0 Å². The van der Waals surface area contributed by atoms with Crippen LogP contribution in [0.2, 0.25) is 0 Å². The Bertz CT molecular complexity index is 715. The summed E-state index contributed by atoms with van der Waals surface area (Å²) < 4.78 is 13.0. The van der Waals surface area contributed by atoms with Gasteiger partial charge in [0, 0.05) is 11.2 Å². The molecule has 2 rings (SSSR count). The maximum atomic E-state index is 13.0. The second-order valence-electron chi connectivity index (χ2n) is 8.33. The van der Waals surface area contributed by atoms with Gasteiger partial charge < -0.3 is 20.9 Å². The van der Waals surface area contributed by atoms with E-state index in [0.29, 0.717) is 12.2 Å². The summed E-state index contributed by atoms with van der Waals surface area (Å²) in [7, 11) is 0. The summed E-state index contributed by atoms with van der Waals surface area (Å²) in [4.78, 5) is 39.4. The molecule has 1 aromatic rings. The molecule has 3 amide bonds. The second-order valence-corrected chi connectivity index (χ2v) is 8.33. The van der Waals surface area contributed by atoms with Gasteiger partial charge in [0.15, 0.2) is 6.54 Å². The van der Waals surface area contributed by atoms with Crippen molar-refractivity contribution < 1.29 is 23.7 Å². The molecule has 7 nitrogen and oxygen atoms in total. The molecule has 1 fully saturated rings. The van der Waals surface area contributed by atoms with Gasteiger partial charge in [0.2, 0.25) is 11.8 Å². The van der Waals surface area contributed by atoms with Gasteiger partial charge in [0.05, 0.1) is 19.0 Å². The smallest absolute Gasteiger partial charge is 0.278 e. The van der Waals surface area contributed by atoms with Crippen molar-refractivity contribution in [3.05, 3.63) is 30.1 Å². The lowest BCUT2D eigenvalue weighted by atomic mass is 9.97. The van der Waals surface area contributed by atoms with Crippen molar-refractivity contribution in [2.75, 3.05) is 31.5 Å². The lowest BCUT2D eigenvalue weighted by Gasteiger charge is -2.36. The first-order chi connectivity index (χ1) is 13.1. The highest BCUT2D eigenvalue weighted by Gasteiger charge is 2.33. The SMILES string of the molecule is CC(C)(C)N(CC(=O)Nc1ccc(F)cc1)C(=O)C[NH+]1CCC[C@@H](C(N)=O)C1. The molecule has 1 aliphatic rings. The van der Waals surface area contributed by atoms with Crippen LogP contribution in [0.4, 0.5) is 10.1 Å². The molecule has 1 unspecified atom stereocenters. The number of carbonyl (C=O) groups excluding carboxylic acids is 3. The number of nitrogens with zero attached hydrogens (tertiary/aromatic N) is 1. The van der Waals surface area contributed by atoms with Crippen LogP contribution < -0.4 is 16.0 Å². The number of hydrogen-bond acceptors (Lipinski definition) is 3. The molecule has 2 atom stereocenters. The molecule has 0 spiro atoms. The lowest BCUT2D eigenvalue weighted by Crippen LogP contribution is -3.15. The number of hydrogen-bond donors (Lipinski definition) is 3. The molecule has 4 N–H and O–H groups in total. The normalized spacial score (nSPS) is 19.7. The lowest BCUT2D eigenvalue weighted by molar-refractivity contribution is -0.899. The topological polar surface area (TPSA) is 96.9 Å². The summed E-state index contributed by atoms with van der Waals surface area (Å²) in [6, 6.07) is 5.46. The Kier molecular flexibility index (Phi) is 7.12. The molecular weight excluding hydrogens is 363 g/mol. The van der Waals surface area contributed by atoms with E-state index < -0.39 is 5.54 Å². The summed E-state index contributed by atoms with van der Waals surface area (Å²) in [5.41, 5.74) is 5.34. The molecule has 1 aromatic carbocycles. The van der Waals surface area contributed by atoms with E-state index in [1.165, 1.54) is 29.2 Å². The summed E-state index contributed by atoms with van der Waals surface area (Å²) >= 11 is 0. The quantitative estimate of drug-likeness (QED) is 0.643. The predicted octanol–water partition coefficient (Wildman–Crippen LogP) is 0.172. The first-order valence-electron chi connectivity index (χ1n) is 9.55. The van der Waals surface area contributed by atoms with E-state index in [4.69, 9.17) is 5.73 Å². The number of carbonyl (C=O) groups is 3. The zero-order valence-corrected chi connectivity index (χ0v) is 16.8. The van der Waals surface area contributed by atoms with Crippen molar-refractivity contribution in [3.8, 4) is 0 Å². The van der Waals surface area contributed by atoms with Crippen LogP contribution in [0, 0.1) is 11.7 Å². The average molecular weight is 393 g/mol. The molecule has 1 heterocycles. The van der Waals surface area contributed by atoms with Gasteiger partial charge in [-0.15, -0.1) is 0 Å². The van der Waals surface area contributed by atoms with Crippen LogP contribution in [0.1, 0.15) is 33.6 Å². The third-order valence-electron chi connectivity index (χ3n) is 4.96. The van der Waals surface area contributed by atoms with Crippen LogP contribution in [-0.2, 0) is 14.4 Å². The zero-order valence-electron chi connectivity index (χ0n) is 16.8. The fourth-order valence-electron chi connectivity index (χ4n) is 3.44. The van der Waals surface area contributed by atoms with E-state index in [1.807, 2.05) is 20.8 Å². The van der Waals surface area contributed by atoms with Gasteiger partial charge in [-0.05, 0) is 57.9 Å². The van der Waals surface area contributed by atoms with Crippen LogP contribution in [0.3, 0.4) is 0 Å². The van der Waals surface area contributed by atoms with E-state index in [-0.39, 0.29) is 42.5 Å². The fraction of sp³-hybridized carbons (Fsp3) is 0.550. The highest BCUT2D eigenvalue weighted by atomic mass is 19.1. The van der Waals surface area contributed by atoms with Gasteiger partial charge in [-0.25, -0.2) is 4.39 Å². The van der Waals surface area contributed by atoms with Crippen molar-refractivity contribution in [2.45, 2.75) is 39.2 Å². The van der Waals surface area contributed by atoms with Crippen molar-refractivity contribution in [1.29, 1.82) is 0 Å². The molecule has 28 heavy (non-hydrogen) atoms. The number of likely N-dealkylation sites (tertiary alicyclic amines) is 1. The minimum atomic E-state index is -0.546. The molecule has 0 bridgehead atoms. The number of nitrogens with two attached hydrogens (primary N) is 1. The van der Waals surface area contributed by atoms with E-state index in [1.54, 1.807) is 0 Å². The predicted molar refractivity (Wildman–Crippen MR) is 104 cm³/mol. The third-order valence-corrected chi connectivity index (χ3v) is 4.96. The molecule has 0 aliphatic carbocycles. The summed E-state index contributed by atoms with van der Waals surface area (Å²) in [6.45, 7) is 7.06.